The van der Waals surface area contributed by atoms with Crippen molar-refractivity contribution in [1.29, 1.82) is 0 Å². The maximum atomic E-state index is 12.3. The zero-order chi connectivity index (χ0) is 13.2. The van der Waals surface area contributed by atoms with E-state index in [4.69, 9.17) is 5.84 Å². The lowest BCUT2D eigenvalue weighted by atomic mass is 10.1. The summed E-state index contributed by atoms with van der Waals surface area (Å²) >= 11 is 1.37. The van der Waals surface area contributed by atoms with Gasteiger partial charge in [-0.3, -0.25) is 10.6 Å². The first kappa shape index (κ1) is 11.8. The Morgan fingerprint density at radius 2 is 1.89 bits per heavy atom. The number of carbonyl (C=O) groups is 1. The van der Waals surface area contributed by atoms with Gasteiger partial charge in [-0.2, -0.15) is 0 Å². The molecular weight excluding hydrogens is 258 g/mol. The van der Waals surface area contributed by atoms with E-state index < -0.39 is 0 Å². The molecule has 94 valence electrons. The minimum Gasteiger partial charge on any atom is -0.322 e. The molecule has 3 rings (SSSR count). The Kier molecular flexibility index (Phi) is 2.98. The highest BCUT2D eigenvalue weighted by atomic mass is 32.1. The van der Waals surface area contributed by atoms with Gasteiger partial charge in [0.05, 0.1) is 10.4 Å². The van der Waals surface area contributed by atoms with Gasteiger partial charge < -0.3 is 5.43 Å². The molecular formula is C14H11N3OS. The minimum atomic E-state index is -0.0650. The van der Waals surface area contributed by atoms with Gasteiger partial charge in [0.2, 0.25) is 5.78 Å². The second-order valence-electron chi connectivity index (χ2n) is 4.01. The number of fused-ring (bicyclic) bond motifs is 1. The molecule has 4 nitrogen and oxygen atoms in total. The molecule has 1 heterocycles. The number of nitrogens with one attached hydrogen (secondary N) is 1. The molecule has 0 aliphatic carbocycles. The van der Waals surface area contributed by atoms with Crippen molar-refractivity contribution in [2.75, 3.05) is 5.43 Å². The molecule has 0 fully saturated rings. The molecule has 0 saturated heterocycles. The van der Waals surface area contributed by atoms with Gasteiger partial charge in [-0.15, -0.1) is 11.3 Å². The third-order valence-electron chi connectivity index (χ3n) is 2.80. The number of benzene rings is 2. The highest BCUT2D eigenvalue weighted by Crippen LogP contribution is 2.28. The molecule has 19 heavy (non-hydrogen) atoms. The summed E-state index contributed by atoms with van der Waals surface area (Å²) in [6.45, 7) is 0. The van der Waals surface area contributed by atoms with Crippen LogP contribution in [0.1, 0.15) is 15.4 Å². The monoisotopic (exact) mass is 269 g/mol. The van der Waals surface area contributed by atoms with E-state index in [-0.39, 0.29) is 5.78 Å². The van der Waals surface area contributed by atoms with E-state index in [1.807, 2.05) is 36.4 Å². The SMILES string of the molecule is NNc1cccc2sc(C(=O)c3ccccc3)nc12. The first-order valence-corrected chi connectivity index (χ1v) is 6.57. The number of anilines is 1. The topological polar surface area (TPSA) is 68.0 Å². The molecule has 3 N–H and O–H groups in total. The largest absolute Gasteiger partial charge is 0.322 e. The normalized spacial score (nSPS) is 10.6. The van der Waals surface area contributed by atoms with Crippen molar-refractivity contribution >= 4 is 33.0 Å². The maximum absolute atomic E-state index is 12.3. The van der Waals surface area contributed by atoms with E-state index in [1.165, 1.54) is 11.3 Å². The lowest BCUT2D eigenvalue weighted by Crippen LogP contribution is -2.07. The van der Waals surface area contributed by atoms with Gasteiger partial charge in [0, 0.05) is 5.56 Å². The molecule has 0 spiro atoms. The minimum absolute atomic E-state index is 0.0650. The van der Waals surface area contributed by atoms with Crippen LogP contribution < -0.4 is 11.3 Å². The molecule has 0 unspecified atom stereocenters. The summed E-state index contributed by atoms with van der Waals surface area (Å²) in [6.07, 6.45) is 0. The quantitative estimate of drug-likeness (QED) is 0.436. The molecule has 0 saturated carbocycles. The molecule has 2 aromatic carbocycles. The fourth-order valence-electron chi connectivity index (χ4n) is 1.88. The fourth-order valence-corrected chi connectivity index (χ4v) is 2.83. The van der Waals surface area contributed by atoms with Gasteiger partial charge >= 0.3 is 0 Å². The lowest BCUT2D eigenvalue weighted by molar-refractivity contribution is 0.103. The van der Waals surface area contributed by atoms with Gasteiger partial charge in [0.15, 0.2) is 5.01 Å². The number of hydrogen-bond donors (Lipinski definition) is 2. The van der Waals surface area contributed by atoms with Crippen LogP contribution in [0.3, 0.4) is 0 Å². The van der Waals surface area contributed by atoms with E-state index in [9.17, 15) is 4.79 Å². The number of hydrazine groups is 1. The molecule has 0 amide bonds. The highest BCUT2D eigenvalue weighted by molar-refractivity contribution is 7.20. The number of aromatic nitrogens is 1. The van der Waals surface area contributed by atoms with E-state index in [2.05, 4.69) is 10.4 Å². The number of rotatable bonds is 3. The summed E-state index contributed by atoms with van der Waals surface area (Å²) < 4.78 is 0.940. The molecule has 0 aliphatic heterocycles. The standard InChI is InChI=1S/C14H11N3OS/c15-17-10-7-4-8-11-12(10)16-14(19-11)13(18)9-5-2-1-3-6-9/h1-8,17H,15H2. The predicted molar refractivity (Wildman–Crippen MR) is 77.3 cm³/mol. The van der Waals surface area contributed by atoms with E-state index in [0.29, 0.717) is 10.6 Å². The smallest absolute Gasteiger partial charge is 0.221 e. The Morgan fingerprint density at radius 1 is 1.11 bits per heavy atom. The van der Waals surface area contributed by atoms with Crippen LogP contribution >= 0.6 is 11.3 Å². The van der Waals surface area contributed by atoms with Crippen molar-refractivity contribution < 1.29 is 4.79 Å². The molecule has 3 aromatic rings. The summed E-state index contributed by atoms with van der Waals surface area (Å²) in [7, 11) is 0. The van der Waals surface area contributed by atoms with Crippen molar-refractivity contribution in [3.8, 4) is 0 Å². The summed E-state index contributed by atoms with van der Waals surface area (Å²) in [6, 6.07) is 14.8. The van der Waals surface area contributed by atoms with E-state index in [1.54, 1.807) is 12.1 Å². The molecule has 0 radical (unpaired) electrons. The molecule has 0 bridgehead atoms. The van der Waals surface area contributed by atoms with Crippen LogP contribution in [0.25, 0.3) is 10.2 Å². The number of hydrogen-bond acceptors (Lipinski definition) is 5. The summed E-state index contributed by atoms with van der Waals surface area (Å²) in [5, 5.41) is 0.476. The Balaban J connectivity index is 2.09. The second kappa shape index (κ2) is 4.79. The van der Waals surface area contributed by atoms with Crippen LogP contribution in [0.2, 0.25) is 0 Å². The molecule has 1 aromatic heterocycles. The van der Waals surface area contributed by atoms with Crippen molar-refractivity contribution in [3.63, 3.8) is 0 Å². The number of thiazole rings is 1. The third kappa shape index (κ3) is 2.09. The first-order valence-electron chi connectivity index (χ1n) is 5.75. The predicted octanol–water partition coefficient (Wildman–Crippen LogP) is 2.81. The molecule has 0 atom stereocenters. The Bertz CT molecular complexity index is 737. The number of carbonyl (C=O) groups excluding carboxylic acids is 1. The summed E-state index contributed by atoms with van der Waals surface area (Å²) in [4.78, 5) is 16.7. The van der Waals surface area contributed by atoms with Crippen LogP contribution in [0.15, 0.2) is 48.5 Å². The molecule has 5 heteroatoms. The summed E-state index contributed by atoms with van der Waals surface area (Å²) in [5.74, 6) is 5.38. The Morgan fingerprint density at radius 3 is 2.63 bits per heavy atom. The van der Waals surface area contributed by atoms with Gasteiger partial charge in [-0.05, 0) is 12.1 Å². The number of nitrogens with two attached hydrogens (primary N) is 1. The first-order chi connectivity index (χ1) is 9.29. The van der Waals surface area contributed by atoms with Gasteiger partial charge in [-0.25, -0.2) is 4.98 Å². The third-order valence-corrected chi connectivity index (χ3v) is 3.82. The van der Waals surface area contributed by atoms with Crippen LogP contribution in [0.4, 0.5) is 5.69 Å². The maximum Gasteiger partial charge on any atom is 0.221 e. The van der Waals surface area contributed by atoms with E-state index >= 15 is 0 Å². The zero-order valence-corrected chi connectivity index (χ0v) is 10.8. The molecule has 0 aliphatic rings. The zero-order valence-electron chi connectivity index (χ0n) is 9.96. The fraction of sp³-hybridized carbons (Fsp3) is 0. The second-order valence-corrected chi connectivity index (χ2v) is 5.04. The average molecular weight is 269 g/mol. The van der Waals surface area contributed by atoms with Crippen LogP contribution in [-0.2, 0) is 0 Å². The Labute approximate surface area is 113 Å². The number of nitrogen functional groups attached to an aromatic ring is 1. The highest BCUT2D eigenvalue weighted by Gasteiger charge is 2.15. The lowest BCUT2D eigenvalue weighted by Gasteiger charge is -1.98. The van der Waals surface area contributed by atoms with Crippen LogP contribution in [-0.4, -0.2) is 10.8 Å². The number of para-hydroxylation sites is 1. The van der Waals surface area contributed by atoms with Crippen molar-refractivity contribution in [2.24, 2.45) is 5.84 Å². The van der Waals surface area contributed by atoms with E-state index in [0.717, 1.165) is 15.9 Å². The van der Waals surface area contributed by atoms with Gasteiger partial charge in [-0.1, -0.05) is 36.4 Å². The van der Waals surface area contributed by atoms with Crippen molar-refractivity contribution in [1.82, 2.24) is 4.98 Å². The Hall–Kier alpha value is -2.24. The van der Waals surface area contributed by atoms with Gasteiger partial charge in [0.1, 0.15) is 5.52 Å². The van der Waals surface area contributed by atoms with Crippen molar-refractivity contribution in [2.45, 2.75) is 0 Å². The number of nitrogens with zero attached hydrogens (tertiary/aromatic N) is 1. The van der Waals surface area contributed by atoms with Gasteiger partial charge in [0.25, 0.3) is 0 Å². The van der Waals surface area contributed by atoms with Crippen LogP contribution in [0.5, 0.6) is 0 Å². The number of ketones is 1. The van der Waals surface area contributed by atoms with Crippen molar-refractivity contribution in [3.05, 3.63) is 59.1 Å². The van der Waals surface area contributed by atoms with Crippen LogP contribution in [0, 0.1) is 0 Å². The average Bonchev–Trinajstić information content (AvgIpc) is 2.91. The summed E-state index contributed by atoms with van der Waals surface area (Å²) in [5.41, 5.74) is 4.69.